The van der Waals surface area contributed by atoms with Gasteiger partial charge < -0.3 is 9.47 Å². The first-order chi connectivity index (χ1) is 15.8. The molecule has 4 rings (SSSR count). The Kier molecular flexibility index (Phi) is 7.28. The van der Waals surface area contributed by atoms with Crippen LogP contribution in [0.15, 0.2) is 54.6 Å². The van der Waals surface area contributed by atoms with E-state index in [0.29, 0.717) is 31.0 Å². The molecule has 2 aromatic carbocycles. The molecule has 0 N–H and O–H groups in total. The van der Waals surface area contributed by atoms with E-state index in [9.17, 15) is 4.79 Å². The Balaban J connectivity index is 1.28. The van der Waals surface area contributed by atoms with Gasteiger partial charge in [-0.15, -0.1) is 0 Å². The second-order valence-corrected chi connectivity index (χ2v) is 11.3. The van der Waals surface area contributed by atoms with Crippen molar-refractivity contribution in [1.82, 2.24) is 0 Å². The summed E-state index contributed by atoms with van der Waals surface area (Å²) in [6.45, 7) is 12.3. The van der Waals surface area contributed by atoms with Crippen LogP contribution < -0.4 is 0 Å². The minimum atomic E-state index is -0.0537. The van der Waals surface area contributed by atoms with Gasteiger partial charge >= 0.3 is 5.97 Å². The SMILES string of the molecule is CC1CCC(C(C)C)C(OC(=O)C2C(COCc3ccc(-c4ccccc4)cc3)C2(C)C)C1. The first-order valence-corrected chi connectivity index (χ1v) is 12.7. The van der Waals surface area contributed by atoms with Gasteiger partial charge in [0.2, 0.25) is 0 Å². The zero-order valence-electron chi connectivity index (χ0n) is 20.9. The highest BCUT2D eigenvalue weighted by atomic mass is 16.5. The summed E-state index contributed by atoms with van der Waals surface area (Å²) in [7, 11) is 0. The van der Waals surface area contributed by atoms with Crippen molar-refractivity contribution in [2.45, 2.75) is 66.6 Å². The molecule has 2 aliphatic rings. The highest BCUT2D eigenvalue weighted by Gasteiger charge is 2.63. The Morgan fingerprint density at radius 3 is 2.33 bits per heavy atom. The number of esters is 1. The van der Waals surface area contributed by atoms with Crippen molar-refractivity contribution in [1.29, 1.82) is 0 Å². The third-order valence-electron chi connectivity index (χ3n) is 8.16. The zero-order chi connectivity index (χ0) is 23.6. The number of hydrogen-bond donors (Lipinski definition) is 0. The first kappa shape index (κ1) is 24.0. The molecule has 33 heavy (non-hydrogen) atoms. The van der Waals surface area contributed by atoms with Crippen LogP contribution in [0.5, 0.6) is 0 Å². The minimum Gasteiger partial charge on any atom is -0.462 e. The molecule has 3 nitrogen and oxygen atoms in total. The van der Waals surface area contributed by atoms with Gasteiger partial charge in [0.05, 0.1) is 19.1 Å². The Morgan fingerprint density at radius 2 is 1.67 bits per heavy atom. The average molecular weight is 449 g/mol. The van der Waals surface area contributed by atoms with Crippen LogP contribution in [0.2, 0.25) is 0 Å². The van der Waals surface area contributed by atoms with Crippen molar-refractivity contribution in [3.05, 3.63) is 60.2 Å². The zero-order valence-corrected chi connectivity index (χ0v) is 20.9. The third kappa shape index (κ3) is 5.51. The van der Waals surface area contributed by atoms with Gasteiger partial charge in [-0.25, -0.2) is 0 Å². The van der Waals surface area contributed by atoms with Gasteiger partial charge in [0.15, 0.2) is 0 Å². The molecule has 0 aliphatic heterocycles. The van der Waals surface area contributed by atoms with Crippen molar-refractivity contribution in [2.75, 3.05) is 6.61 Å². The number of carbonyl (C=O) groups is 1. The van der Waals surface area contributed by atoms with E-state index in [2.05, 4.69) is 83.1 Å². The number of benzene rings is 2. The van der Waals surface area contributed by atoms with Crippen LogP contribution in [-0.2, 0) is 20.9 Å². The molecule has 0 bridgehead atoms. The van der Waals surface area contributed by atoms with Gasteiger partial charge in [-0.05, 0) is 52.7 Å². The lowest BCUT2D eigenvalue weighted by Gasteiger charge is -2.36. The molecule has 2 aromatic rings. The number of hydrogen-bond acceptors (Lipinski definition) is 3. The summed E-state index contributed by atoms with van der Waals surface area (Å²) < 4.78 is 12.2. The molecule has 0 heterocycles. The lowest BCUT2D eigenvalue weighted by Crippen LogP contribution is -2.36. The first-order valence-electron chi connectivity index (χ1n) is 12.7. The van der Waals surface area contributed by atoms with Crippen LogP contribution in [-0.4, -0.2) is 18.7 Å². The third-order valence-corrected chi connectivity index (χ3v) is 8.16. The second-order valence-electron chi connectivity index (χ2n) is 11.3. The van der Waals surface area contributed by atoms with Gasteiger partial charge in [-0.2, -0.15) is 0 Å². The van der Waals surface area contributed by atoms with Crippen LogP contribution in [0.4, 0.5) is 0 Å². The van der Waals surface area contributed by atoms with E-state index < -0.39 is 0 Å². The largest absolute Gasteiger partial charge is 0.462 e. The van der Waals surface area contributed by atoms with Crippen LogP contribution in [0, 0.1) is 35.0 Å². The van der Waals surface area contributed by atoms with Crippen LogP contribution in [0.25, 0.3) is 11.1 Å². The monoisotopic (exact) mass is 448 g/mol. The summed E-state index contributed by atoms with van der Waals surface area (Å²) in [6.07, 6.45) is 3.49. The Labute approximate surface area is 199 Å². The molecule has 0 amide bonds. The van der Waals surface area contributed by atoms with E-state index in [1.807, 2.05) is 6.07 Å². The summed E-state index contributed by atoms with van der Waals surface area (Å²) >= 11 is 0. The van der Waals surface area contributed by atoms with Crippen LogP contribution in [0.1, 0.15) is 59.4 Å². The Bertz CT molecular complexity index is 915. The number of ether oxygens (including phenoxy) is 2. The molecular weight excluding hydrogens is 408 g/mol. The lowest BCUT2D eigenvalue weighted by atomic mass is 9.75. The van der Waals surface area contributed by atoms with Gasteiger partial charge in [-0.3, -0.25) is 4.79 Å². The molecule has 5 unspecified atom stereocenters. The van der Waals surface area contributed by atoms with E-state index in [0.717, 1.165) is 12.0 Å². The maximum Gasteiger partial charge on any atom is 0.310 e. The van der Waals surface area contributed by atoms with Gasteiger partial charge in [0.1, 0.15) is 6.10 Å². The lowest BCUT2D eigenvalue weighted by molar-refractivity contribution is -0.158. The summed E-state index contributed by atoms with van der Waals surface area (Å²) in [6, 6.07) is 18.9. The van der Waals surface area contributed by atoms with Crippen molar-refractivity contribution in [2.24, 2.45) is 35.0 Å². The summed E-state index contributed by atoms with van der Waals surface area (Å²) in [5, 5.41) is 0. The van der Waals surface area contributed by atoms with E-state index in [1.165, 1.54) is 24.0 Å². The fraction of sp³-hybridized carbons (Fsp3) is 0.567. The van der Waals surface area contributed by atoms with E-state index >= 15 is 0 Å². The topological polar surface area (TPSA) is 35.5 Å². The van der Waals surface area contributed by atoms with Crippen molar-refractivity contribution in [3.8, 4) is 11.1 Å². The summed E-state index contributed by atoms with van der Waals surface area (Å²) in [5.41, 5.74) is 3.53. The number of carbonyl (C=O) groups excluding carboxylic acids is 1. The van der Waals surface area contributed by atoms with Gasteiger partial charge in [0, 0.05) is 5.92 Å². The number of rotatable bonds is 8. The highest BCUT2D eigenvalue weighted by Crippen LogP contribution is 2.59. The summed E-state index contributed by atoms with van der Waals surface area (Å²) in [4.78, 5) is 13.1. The van der Waals surface area contributed by atoms with Gasteiger partial charge in [-0.1, -0.05) is 95.6 Å². The second kappa shape index (κ2) is 10.0. The maximum atomic E-state index is 13.1. The molecule has 2 fully saturated rings. The molecule has 0 radical (unpaired) electrons. The molecule has 0 spiro atoms. The Morgan fingerprint density at radius 1 is 1.00 bits per heavy atom. The fourth-order valence-electron chi connectivity index (χ4n) is 5.72. The highest BCUT2D eigenvalue weighted by molar-refractivity contribution is 5.78. The van der Waals surface area contributed by atoms with E-state index in [4.69, 9.17) is 9.47 Å². The van der Waals surface area contributed by atoms with E-state index in [1.54, 1.807) is 0 Å². The standard InChI is InChI=1S/C30H40O3/c1-20(2)25-16-11-21(3)17-27(25)33-29(31)28-26(30(28,4)5)19-32-18-22-12-14-24(15-13-22)23-9-7-6-8-10-23/h6-10,12-15,20-21,25-28H,11,16-19H2,1-5H3. The predicted octanol–water partition coefficient (Wildman–Crippen LogP) is 7.15. The quantitative estimate of drug-likeness (QED) is 0.402. The van der Waals surface area contributed by atoms with Gasteiger partial charge in [0.25, 0.3) is 0 Å². The van der Waals surface area contributed by atoms with Crippen LogP contribution in [0.3, 0.4) is 0 Å². The summed E-state index contributed by atoms with van der Waals surface area (Å²) in [5.74, 6) is 1.84. The molecule has 0 saturated heterocycles. The van der Waals surface area contributed by atoms with Crippen molar-refractivity contribution < 1.29 is 14.3 Å². The minimum absolute atomic E-state index is 0.00874. The van der Waals surface area contributed by atoms with Crippen LogP contribution >= 0.6 is 0 Å². The molecular formula is C30H40O3. The molecule has 3 heteroatoms. The molecule has 178 valence electrons. The molecule has 2 aliphatic carbocycles. The van der Waals surface area contributed by atoms with E-state index in [-0.39, 0.29) is 29.3 Å². The maximum absolute atomic E-state index is 13.1. The Hall–Kier alpha value is -2.13. The molecule has 0 aromatic heterocycles. The van der Waals surface area contributed by atoms with Crippen molar-refractivity contribution in [3.63, 3.8) is 0 Å². The van der Waals surface area contributed by atoms with Crippen molar-refractivity contribution >= 4 is 5.97 Å². The molecule has 2 saturated carbocycles. The predicted molar refractivity (Wildman–Crippen MR) is 134 cm³/mol. The average Bonchev–Trinajstić information content (AvgIpc) is 3.35. The molecule has 5 atom stereocenters. The normalized spacial score (nSPS) is 28.5. The smallest absolute Gasteiger partial charge is 0.310 e. The fourth-order valence-corrected chi connectivity index (χ4v) is 5.72.